The summed E-state index contributed by atoms with van der Waals surface area (Å²) in [5.41, 5.74) is 2.38. The van der Waals surface area contributed by atoms with E-state index in [0.29, 0.717) is 19.5 Å². The molecule has 222 valence electrons. The number of halogens is 1. The van der Waals surface area contributed by atoms with Crippen molar-refractivity contribution in [3.05, 3.63) is 90.5 Å². The Morgan fingerprint density at radius 1 is 1.12 bits per heavy atom. The molecule has 3 aliphatic rings. The second kappa shape index (κ2) is 12.1. The third-order valence-electron chi connectivity index (χ3n) is 8.76. The number of nitrogens with zero attached hydrogens (tertiary/aromatic N) is 3. The molecule has 3 heterocycles. The molecule has 1 N–H and O–H groups in total. The third kappa shape index (κ3) is 5.01. The van der Waals surface area contributed by atoms with Crippen LogP contribution in [0.15, 0.2) is 73.8 Å². The summed E-state index contributed by atoms with van der Waals surface area (Å²) in [6.07, 6.45) is 3.15. The van der Waals surface area contributed by atoms with Crippen LogP contribution in [0.25, 0.3) is 0 Å². The minimum atomic E-state index is -1.22. The minimum absolute atomic E-state index is 0.0372. The minimum Gasteiger partial charge on any atom is -0.395 e. The number of benzene rings is 2. The van der Waals surface area contributed by atoms with Crippen molar-refractivity contribution in [1.29, 1.82) is 0 Å². The highest BCUT2D eigenvalue weighted by molar-refractivity contribution is 9.09. The largest absolute Gasteiger partial charge is 0.395 e. The standard InChI is InChI=1S/C33H38BrN3O5/c1-5-14-35(20-23-10-8-7-9-11-23)30(39)26-27-31(40)37(16-17-38)29(33(27)19-24(34)28(26)42-33)32(41)36(15-6-2)25-18-21(3)12-13-22(25)4/h5-13,18,24,26-29,38H,1-2,14-17,19-20H2,3-4H3/t24?,26-,27-,28-,29?,33?/m0/s1. The third-order valence-corrected chi connectivity index (χ3v) is 9.60. The van der Waals surface area contributed by atoms with E-state index in [-0.39, 0.29) is 42.2 Å². The maximum Gasteiger partial charge on any atom is 0.253 e. The molecule has 3 amide bonds. The molecular weight excluding hydrogens is 598 g/mol. The number of hydrogen-bond acceptors (Lipinski definition) is 5. The van der Waals surface area contributed by atoms with Gasteiger partial charge in [-0.05, 0) is 43.0 Å². The van der Waals surface area contributed by atoms with E-state index in [4.69, 9.17) is 4.74 Å². The lowest BCUT2D eigenvalue weighted by atomic mass is 9.70. The number of amides is 3. The molecule has 2 aromatic carbocycles. The molecule has 8 nitrogen and oxygen atoms in total. The van der Waals surface area contributed by atoms with E-state index in [0.717, 1.165) is 22.4 Å². The first-order chi connectivity index (χ1) is 20.2. The van der Waals surface area contributed by atoms with Crippen molar-refractivity contribution in [3.63, 3.8) is 0 Å². The van der Waals surface area contributed by atoms with Crippen molar-refractivity contribution in [3.8, 4) is 0 Å². The van der Waals surface area contributed by atoms with Crippen molar-refractivity contribution in [2.24, 2.45) is 11.8 Å². The molecule has 2 aromatic rings. The molecule has 6 atom stereocenters. The van der Waals surface area contributed by atoms with Gasteiger partial charge in [-0.3, -0.25) is 14.4 Å². The summed E-state index contributed by atoms with van der Waals surface area (Å²) >= 11 is 3.74. The fraction of sp³-hybridized carbons (Fsp3) is 0.424. The van der Waals surface area contributed by atoms with Gasteiger partial charge in [0.05, 0.1) is 24.5 Å². The van der Waals surface area contributed by atoms with Crippen molar-refractivity contribution < 1.29 is 24.2 Å². The molecule has 3 fully saturated rings. The quantitative estimate of drug-likeness (QED) is 0.300. The topological polar surface area (TPSA) is 90.4 Å². The van der Waals surface area contributed by atoms with Crippen LogP contribution >= 0.6 is 15.9 Å². The van der Waals surface area contributed by atoms with Crippen LogP contribution in [0.1, 0.15) is 23.1 Å². The van der Waals surface area contributed by atoms with E-state index in [1.807, 2.05) is 62.4 Å². The van der Waals surface area contributed by atoms with Crippen molar-refractivity contribution >= 4 is 39.3 Å². The zero-order valence-corrected chi connectivity index (χ0v) is 25.7. The van der Waals surface area contributed by atoms with Gasteiger partial charge in [0.2, 0.25) is 11.8 Å². The van der Waals surface area contributed by atoms with Gasteiger partial charge in [0.15, 0.2) is 0 Å². The van der Waals surface area contributed by atoms with Crippen molar-refractivity contribution in [1.82, 2.24) is 9.80 Å². The van der Waals surface area contributed by atoms with Gasteiger partial charge in [0.1, 0.15) is 11.6 Å². The van der Waals surface area contributed by atoms with Crippen LogP contribution in [0.3, 0.4) is 0 Å². The normalized spacial score (nSPS) is 27.6. The maximum atomic E-state index is 14.6. The average Bonchev–Trinajstić information content (AvgIpc) is 3.56. The fourth-order valence-corrected chi connectivity index (χ4v) is 7.98. The zero-order valence-electron chi connectivity index (χ0n) is 24.1. The lowest BCUT2D eigenvalue weighted by molar-refractivity contribution is -0.145. The van der Waals surface area contributed by atoms with Crippen LogP contribution < -0.4 is 4.90 Å². The number of carbonyl (C=O) groups is 3. The van der Waals surface area contributed by atoms with Crippen molar-refractivity contribution in [2.45, 2.75) is 49.4 Å². The first kappa shape index (κ1) is 30.2. The van der Waals surface area contributed by atoms with E-state index in [1.165, 1.54) is 4.90 Å². The van der Waals surface area contributed by atoms with Crippen LogP contribution in [0, 0.1) is 25.7 Å². The lowest BCUT2D eigenvalue weighted by Crippen LogP contribution is -2.57. The number of alkyl halides is 1. The molecule has 2 bridgehead atoms. The number of anilines is 1. The number of carbonyl (C=O) groups excluding carboxylic acids is 3. The van der Waals surface area contributed by atoms with Gasteiger partial charge in [-0.15, -0.1) is 13.2 Å². The lowest BCUT2D eigenvalue weighted by Gasteiger charge is -2.37. The Bertz CT molecular complexity index is 1380. The second-order valence-electron chi connectivity index (χ2n) is 11.4. The van der Waals surface area contributed by atoms with Gasteiger partial charge in [0, 0.05) is 36.7 Å². The number of β-amino-alcohol motifs (C(OH)–C–C–N with tert-alkyl or cyclic N) is 1. The molecular formula is C33H38BrN3O5. The fourth-order valence-electron chi connectivity index (χ4n) is 7.04. The number of aliphatic hydroxyl groups is 1. The molecule has 0 saturated carbocycles. The summed E-state index contributed by atoms with van der Waals surface area (Å²) in [5, 5.41) is 9.99. The molecule has 3 saturated heterocycles. The highest BCUT2D eigenvalue weighted by atomic mass is 79.9. The Labute approximate surface area is 255 Å². The van der Waals surface area contributed by atoms with E-state index >= 15 is 0 Å². The second-order valence-corrected chi connectivity index (χ2v) is 12.6. The summed E-state index contributed by atoms with van der Waals surface area (Å²) in [6.45, 7) is 12.2. The van der Waals surface area contributed by atoms with Crippen LogP contribution in [-0.4, -0.2) is 81.4 Å². The Hall–Kier alpha value is -3.27. The maximum absolute atomic E-state index is 14.6. The van der Waals surface area contributed by atoms with E-state index < -0.39 is 29.6 Å². The summed E-state index contributed by atoms with van der Waals surface area (Å²) in [7, 11) is 0. The number of ether oxygens (including phenoxy) is 1. The summed E-state index contributed by atoms with van der Waals surface area (Å²) < 4.78 is 6.67. The monoisotopic (exact) mass is 635 g/mol. The van der Waals surface area contributed by atoms with Gasteiger partial charge < -0.3 is 24.5 Å². The van der Waals surface area contributed by atoms with Gasteiger partial charge in [0.25, 0.3) is 5.91 Å². The number of rotatable bonds is 11. The van der Waals surface area contributed by atoms with Gasteiger partial charge >= 0.3 is 0 Å². The van der Waals surface area contributed by atoms with Gasteiger partial charge in [-0.25, -0.2) is 0 Å². The average molecular weight is 637 g/mol. The molecule has 3 unspecified atom stereocenters. The molecule has 0 radical (unpaired) electrons. The Morgan fingerprint density at radius 2 is 1.83 bits per heavy atom. The first-order valence-corrected chi connectivity index (χ1v) is 15.3. The van der Waals surface area contributed by atoms with E-state index in [2.05, 4.69) is 29.1 Å². The SMILES string of the molecule is C=CCN(Cc1ccccc1)C(=O)[C@H]1[C@H]2C(=O)N(CCO)C(C(=O)N(CC=C)c3cc(C)ccc3C)C23CC(Br)[C@@H]1O3. The highest BCUT2D eigenvalue weighted by Crippen LogP contribution is 2.60. The number of hydrogen-bond donors (Lipinski definition) is 1. The summed E-state index contributed by atoms with van der Waals surface area (Å²) in [6, 6.07) is 14.6. The van der Waals surface area contributed by atoms with Crippen LogP contribution in [0.4, 0.5) is 5.69 Å². The number of fused-ring (bicyclic) bond motifs is 1. The molecule has 0 aromatic heterocycles. The van der Waals surface area contributed by atoms with Crippen LogP contribution in [0.2, 0.25) is 0 Å². The summed E-state index contributed by atoms with van der Waals surface area (Å²) in [5.74, 6) is -2.49. The number of aliphatic hydroxyl groups excluding tert-OH is 1. The Kier molecular flexibility index (Phi) is 8.73. The Morgan fingerprint density at radius 3 is 2.50 bits per heavy atom. The first-order valence-electron chi connectivity index (χ1n) is 14.3. The predicted molar refractivity (Wildman–Crippen MR) is 165 cm³/mol. The van der Waals surface area contributed by atoms with Crippen molar-refractivity contribution in [2.75, 3.05) is 31.1 Å². The number of aryl methyl sites for hydroxylation is 2. The van der Waals surface area contributed by atoms with E-state index in [9.17, 15) is 19.5 Å². The molecule has 42 heavy (non-hydrogen) atoms. The molecule has 5 rings (SSSR count). The Balaban J connectivity index is 1.55. The molecule has 0 aliphatic carbocycles. The highest BCUT2D eigenvalue weighted by Gasteiger charge is 2.76. The smallest absolute Gasteiger partial charge is 0.253 e. The molecule has 9 heteroatoms. The van der Waals surface area contributed by atoms with Crippen LogP contribution in [0.5, 0.6) is 0 Å². The van der Waals surface area contributed by atoms with Crippen LogP contribution in [-0.2, 0) is 25.7 Å². The van der Waals surface area contributed by atoms with E-state index in [1.54, 1.807) is 22.0 Å². The number of likely N-dealkylation sites (tertiary alicyclic amines) is 1. The predicted octanol–water partition coefficient (Wildman–Crippen LogP) is 3.78. The summed E-state index contributed by atoms with van der Waals surface area (Å²) in [4.78, 5) is 47.7. The van der Waals surface area contributed by atoms with Gasteiger partial charge in [-0.1, -0.05) is 70.5 Å². The van der Waals surface area contributed by atoms with Gasteiger partial charge in [-0.2, -0.15) is 0 Å². The molecule has 3 aliphatic heterocycles. The zero-order chi connectivity index (χ0) is 30.2. The molecule has 1 spiro atoms.